The predicted octanol–water partition coefficient (Wildman–Crippen LogP) is 3.30. The summed E-state index contributed by atoms with van der Waals surface area (Å²) < 4.78 is 31.0. The van der Waals surface area contributed by atoms with Crippen molar-refractivity contribution < 1.29 is 17.9 Å². The van der Waals surface area contributed by atoms with E-state index in [-0.39, 0.29) is 15.8 Å². The zero-order valence-corrected chi connectivity index (χ0v) is 18.3. The van der Waals surface area contributed by atoms with Gasteiger partial charge in [-0.1, -0.05) is 12.1 Å². The molecule has 31 heavy (non-hydrogen) atoms. The maximum Gasteiger partial charge on any atom is 0.233 e. The molecule has 1 aliphatic rings. The summed E-state index contributed by atoms with van der Waals surface area (Å²) in [6, 6.07) is 6.45. The molecule has 1 aromatic carbocycles. The van der Waals surface area contributed by atoms with Crippen LogP contribution in [0.2, 0.25) is 0 Å². The fourth-order valence-electron chi connectivity index (χ4n) is 3.61. The van der Waals surface area contributed by atoms with E-state index in [0.717, 1.165) is 18.4 Å². The Bertz CT molecular complexity index is 1100. The summed E-state index contributed by atoms with van der Waals surface area (Å²) in [6.07, 6.45) is 8.09. The van der Waals surface area contributed by atoms with Crippen molar-refractivity contribution in [1.82, 2.24) is 15.0 Å². The lowest BCUT2D eigenvalue weighted by atomic mass is 9.84. The van der Waals surface area contributed by atoms with Gasteiger partial charge in [-0.3, -0.25) is 9.78 Å². The van der Waals surface area contributed by atoms with Crippen molar-refractivity contribution >= 4 is 32.2 Å². The van der Waals surface area contributed by atoms with Crippen molar-refractivity contribution in [2.45, 2.75) is 35.1 Å². The molecule has 1 saturated heterocycles. The number of ether oxygens (including phenoxy) is 1. The topological polar surface area (TPSA) is 111 Å². The van der Waals surface area contributed by atoms with E-state index in [4.69, 9.17) is 4.74 Å². The second-order valence-electron chi connectivity index (χ2n) is 7.29. The number of nitrogens with one attached hydrogen (secondary N) is 1. The molecule has 162 valence electrons. The third kappa shape index (κ3) is 5.15. The molecule has 1 atom stereocenters. The summed E-state index contributed by atoms with van der Waals surface area (Å²) in [5.41, 5.74) is 0.763. The average molecular weight is 459 g/mol. The van der Waals surface area contributed by atoms with Crippen LogP contribution < -0.4 is 5.32 Å². The number of carbonyl (C=O) groups is 1. The molecule has 2 aromatic heterocycles. The van der Waals surface area contributed by atoms with Crippen molar-refractivity contribution in [3.8, 4) is 0 Å². The van der Waals surface area contributed by atoms with Gasteiger partial charge in [-0.2, -0.15) is 0 Å². The summed E-state index contributed by atoms with van der Waals surface area (Å²) >= 11 is 1.36. The second kappa shape index (κ2) is 9.63. The zero-order chi connectivity index (χ0) is 21.7. The monoisotopic (exact) mass is 458 g/mol. The van der Waals surface area contributed by atoms with Crippen LogP contribution in [0.1, 0.15) is 30.7 Å². The Hall–Kier alpha value is -2.69. The summed E-state index contributed by atoms with van der Waals surface area (Å²) in [4.78, 5) is 25.1. The van der Waals surface area contributed by atoms with E-state index < -0.39 is 15.8 Å². The van der Waals surface area contributed by atoms with E-state index in [9.17, 15) is 13.2 Å². The van der Waals surface area contributed by atoms with Gasteiger partial charge in [0.25, 0.3) is 0 Å². The van der Waals surface area contributed by atoms with Crippen LogP contribution in [0, 0.1) is 5.92 Å². The molecule has 1 fully saturated rings. The molecule has 1 amide bonds. The number of hydrogen-bond acceptors (Lipinski definition) is 8. The number of rotatable bonds is 7. The highest BCUT2D eigenvalue weighted by molar-refractivity contribution is 7.91. The van der Waals surface area contributed by atoms with Gasteiger partial charge >= 0.3 is 0 Å². The lowest BCUT2D eigenvalue weighted by Gasteiger charge is -2.26. The molecule has 10 heteroatoms. The number of benzene rings is 1. The Morgan fingerprint density at radius 2 is 1.90 bits per heavy atom. The SMILES string of the molecule is O=C(Nc1nccs1)C(CC1CCOCC1)c1ccc(S(=O)(=O)c2cnccn2)cc1. The first-order valence-corrected chi connectivity index (χ1v) is 12.3. The van der Waals surface area contributed by atoms with Gasteiger partial charge in [0.2, 0.25) is 15.7 Å². The van der Waals surface area contributed by atoms with Gasteiger partial charge in [0, 0.05) is 37.2 Å². The van der Waals surface area contributed by atoms with Crippen LogP contribution in [-0.2, 0) is 19.4 Å². The van der Waals surface area contributed by atoms with Crippen LogP contribution >= 0.6 is 11.3 Å². The molecule has 3 aromatic rings. The van der Waals surface area contributed by atoms with E-state index >= 15 is 0 Å². The smallest absolute Gasteiger partial charge is 0.233 e. The molecule has 1 unspecified atom stereocenters. The number of nitrogens with zero attached hydrogens (tertiary/aromatic N) is 3. The fraction of sp³-hybridized carbons (Fsp3) is 0.333. The van der Waals surface area contributed by atoms with Crippen LogP contribution in [-0.4, -0.2) is 42.5 Å². The maximum absolute atomic E-state index is 13.1. The Morgan fingerprint density at radius 1 is 1.13 bits per heavy atom. The average Bonchev–Trinajstić information content (AvgIpc) is 3.32. The lowest BCUT2D eigenvalue weighted by Crippen LogP contribution is -2.26. The number of carbonyl (C=O) groups excluding carboxylic acids is 1. The zero-order valence-electron chi connectivity index (χ0n) is 16.7. The van der Waals surface area contributed by atoms with E-state index in [1.807, 2.05) is 0 Å². The number of anilines is 1. The molecule has 0 bridgehead atoms. The highest BCUT2D eigenvalue weighted by Crippen LogP contribution is 2.32. The Balaban J connectivity index is 1.59. The lowest BCUT2D eigenvalue weighted by molar-refractivity contribution is -0.118. The standard InChI is InChI=1S/C21H22N4O4S2/c26-20(25-21-24-9-12-30-21)18(13-15-5-10-29-11-6-15)16-1-3-17(4-2-16)31(27,28)19-14-22-7-8-23-19/h1-4,7-9,12,14-15,18H,5-6,10-11,13H2,(H,24,25,26). The van der Waals surface area contributed by atoms with Gasteiger partial charge < -0.3 is 10.1 Å². The van der Waals surface area contributed by atoms with Crippen molar-refractivity contribution in [1.29, 1.82) is 0 Å². The van der Waals surface area contributed by atoms with Crippen LogP contribution in [0.25, 0.3) is 0 Å². The Morgan fingerprint density at radius 3 is 2.55 bits per heavy atom. The predicted molar refractivity (Wildman–Crippen MR) is 116 cm³/mol. The quantitative estimate of drug-likeness (QED) is 0.578. The van der Waals surface area contributed by atoms with Crippen LogP contribution in [0.4, 0.5) is 5.13 Å². The van der Waals surface area contributed by atoms with Gasteiger partial charge in [-0.15, -0.1) is 11.3 Å². The molecule has 1 N–H and O–H groups in total. The molecule has 1 aliphatic heterocycles. The molecule has 3 heterocycles. The highest BCUT2D eigenvalue weighted by Gasteiger charge is 2.27. The van der Waals surface area contributed by atoms with Crippen LogP contribution in [0.5, 0.6) is 0 Å². The Labute approximate surface area is 184 Å². The van der Waals surface area contributed by atoms with Crippen LogP contribution in [0.3, 0.4) is 0 Å². The van der Waals surface area contributed by atoms with Gasteiger partial charge in [0.05, 0.1) is 17.0 Å². The molecule has 0 radical (unpaired) electrons. The Kier molecular flexibility index (Phi) is 6.69. The highest BCUT2D eigenvalue weighted by atomic mass is 32.2. The summed E-state index contributed by atoms with van der Waals surface area (Å²) in [7, 11) is -3.77. The van der Waals surface area contributed by atoms with Gasteiger partial charge in [-0.25, -0.2) is 18.4 Å². The van der Waals surface area contributed by atoms with E-state index in [0.29, 0.717) is 30.7 Å². The molecule has 0 aliphatic carbocycles. The van der Waals surface area contributed by atoms with Crippen molar-refractivity contribution in [3.63, 3.8) is 0 Å². The number of amides is 1. The minimum absolute atomic E-state index is 0.108. The molecule has 4 rings (SSSR count). The maximum atomic E-state index is 13.1. The molecular formula is C21H22N4O4S2. The van der Waals surface area contributed by atoms with Crippen LogP contribution in [0.15, 0.2) is 64.4 Å². The normalized spacial score (nSPS) is 16.0. The molecule has 8 nitrogen and oxygen atoms in total. The van der Waals surface area contributed by atoms with Gasteiger partial charge in [0.1, 0.15) is 0 Å². The van der Waals surface area contributed by atoms with E-state index in [1.54, 1.807) is 23.7 Å². The minimum atomic E-state index is -3.77. The van der Waals surface area contributed by atoms with Gasteiger partial charge in [-0.05, 0) is 42.9 Å². The second-order valence-corrected chi connectivity index (χ2v) is 10.1. The number of thiazole rings is 1. The number of hydrogen-bond donors (Lipinski definition) is 1. The summed E-state index contributed by atoms with van der Waals surface area (Å²) in [6.45, 7) is 1.39. The van der Waals surface area contributed by atoms with Crippen molar-refractivity contribution in [2.75, 3.05) is 18.5 Å². The number of aromatic nitrogens is 3. The first-order valence-electron chi connectivity index (χ1n) is 9.93. The fourth-order valence-corrected chi connectivity index (χ4v) is 5.28. The van der Waals surface area contributed by atoms with Gasteiger partial charge in [0.15, 0.2) is 10.2 Å². The molecular weight excluding hydrogens is 436 g/mol. The van der Waals surface area contributed by atoms with Crippen molar-refractivity contribution in [3.05, 3.63) is 60.0 Å². The largest absolute Gasteiger partial charge is 0.381 e. The van der Waals surface area contributed by atoms with E-state index in [2.05, 4.69) is 20.3 Å². The third-order valence-electron chi connectivity index (χ3n) is 5.30. The third-order valence-corrected chi connectivity index (χ3v) is 7.64. The summed E-state index contributed by atoms with van der Waals surface area (Å²) in [5.74, 6) is -0.199. The molecule has 0 saturated carbocycles. The summed E-state index contributed by atoms with van der Waals surface area (Å²) in [5, 5.41) is 5.12. The first-order chi connectivity index (χ1) is 15.0. The number of sulfone groups is 1. The minimum Gasteiger partial charge on any atom is -0.381 e. The molecule has 0 spiro atoms. The van der Waals surface area contributed by atoms with Crippen molar-refractivity contribution in [2.24, 2.45) is 5.92 Å². The first kappa shape index (κ1) is 21.5. The van der Waals surface area contributed by atoms with E-state index in [1.165, 1.54) is 42.1 Å².